The minimum Gasteiger partial charge on any atom is -0.444 e. The lowest BCUT2D eigenvalue weighted by Gasteiger charge is -2.27. The van der Waals surface area contributed by atoms with Crippen LogP contribution in [0.15, 0.2) is 73.1 Å². The Kier molecular flexibility index (Phi) is 9.39. The number of H-pyrrole nitrogens is 2. The molecule has 10 nitrogen and oxygen atoms in total. The first-order chi connectivity index (χ1) is 22.5. The van der Waals surface area contributed by atoms with Crippen LogP contribution < -0.4 is 0 Å². The van der Waals surface area contributed by atoms with Crippen LogP contribution in [0.3, 0.4) is 0 Å². The van der Waals surface area contributed by atoms with Crippen molar-refractivity contribution in [2.45, 2.75) is 78.7 Å². The van der Waals surface area contributed by atoms with Crippen LogP contribution in [0.5, 0.6) is 0 Å². The van der Waals surface area contributed by atoms with E-state index in [0.29, 0.717) is 11.6 Å². The molecule has 252 valence electrons. The minimum atomic E-state index is -0.568. The highest BCUT2D eigenvalue weighted by Gasteiger charge is 2.27. The molecule has 0 saturated carbocycles. The molecule has 3 aromatic carbocycles. The zero-order chi connectivity index (χ0) is 35.0. The predicted octanol–water partition coefficient (Wildman–Crippen LogP) is 9.14. The van der Waals surface area contributed by atoms with E-state index in [2.05, 4.69) is 70.6 Å². The Bertz CT molecular complexity index is 1910. The van der Waals surface area contributed by atoms with Crippen LogP contribution in [-0.2, 0) is 9.47 Å². The van der Waals surface area contributed by atoms with Gasteiger partial charge in [0.15, 0.2) is 0 Å². The second-order valence-electron chi connectivity index (χ2n) is 14.2. The molecule has 5 rings (SSSR count). The molecule has 5 aromatic rings. The molecule has 48 heavy (non-hydrogen) atoms. The van der Waals surface area contributed by atoms with Gasteiger partial charge in [-0.05, 0) is 89.4 Å². The highest BCUT2D eigenvalue weighted by Crippen LogP contribution is 2.31. The number of aromatic amines is 2. The first-order valence-electron chi connectivity index (χ1n) is 16.2. The van der Waals surface area contributed by atoms with E-state index in [9.17, 15) is 9.59 Å². The molecule has 0 aliphatic rings. The lowest BCUT2D eigenvalue weighted by molar-refractivity contribution is 0.0217. The van der Waals surface area contributed by atoms with Crippen LogP contribution in [0.25, 0.3) is 44.4 Å². The van der Waals surface area contributed by atoms with E-state index < -0.39 is 23.4 Å². The summed E-state index contributed by atoms with van der Waals surface area (Å²) in [6, 6.07) is 20.5. The Labute approximate surface area is 282 Å². The van der Waals surface area contributed by atoms with Crippen molar-refractivity contribution in [1.82, 2.24) is 29.7 Å². The number of carbonyl (C=O) groups is 2. The first kappa shape index (κ1) is 34.2. The van der Waals surface area contributed by atoms with Crippen molar-refractivity contribution in [2.75, 3.05) is 14.1 Å². The largest absolute Gasteiger partial charge is 0.444 e. The summed E-state index contributed by atoms with van der Waals surface area (Å²) in [4.78, 5) is 44.2. The van der Waals surface area contributed by atoms with Crippen LogP contribution in [0.4, 0.5) is 9.59 Å². The number of carbonyl (C=O) groups excluding carboxylic acids is 2. The lowest BCUT2D eigenvalue weighted by atomic mass is 9.98. The summed E-state index contributed by atoms with van der Waals surface area (Å²) in [6.07, 6.45) is 2.94. The SMILES string of the molecule is CC(c1nc(-c2ccc(-c3ccc4cc(-c5c[nH]c(C(C)N(C)C(=O)OC(C)(C)C)n5)ccc4c3)cc2)c[nH]1)N(C)C(=O)OC(C)(C)C. The van der Waals surface area contributed by atoms with Crippen molar-refractivity contribution in [2.24, 2.45) is 0 Å². The van der Waals surface area contributed by atoms with Crippen LogP contribution in [-0.4, -0.2) is 67.2 Å². The van der Waals surface area contributed by atoms with Crippen molar-refractivity contribution < 1.29 is 19.1 Å². The molecule has 2 aromatic heterocycles. The first-order valence-corrected chi connectivity index (χ1v) is 16.2. The Morgan fingerprint density at radius 3 is 1.44 bits per heavy atom. The van der Waals surface area contributed by atoms with Gasteiger partial charge in [0, 0.05) is 37.6 Å². The molecular formula is C38H46N6O4. The molecule has 0 saturated heterocycles. The third kappa shape index (κ3) is 7.87. The summed E-state index contributed by atoms with van der Waals surface area (Å²) >= 11 is 0. The number of fused-ring (bicyclic) bond motifs is 1. The Hall–Kier alpha value is -5.12. The Balaban J connectivity index is 1.27. The molecule has 0 bridgehead atoms. The van der Waals surface area contributed by atoms with Gasteiger partial charge in [0.05, 0.1) is 23.5 Å². The number of nitrogens with zero attached hydrogens (tertiary/aromatic N) is 4. The highest BCUT2D eigenvalue weighted by molar-refractivity contribution is 5.90. The molecule has 0 aliphatic heterocycles. The summed E-state index contributed by atoms with van der Waals surface area (Å²) in [5.41, 5.74) is 4.65. The van der Waals surface area contributed by atoms with Gasteiger partial charge >= 0.3 is 12.2 Å². The number of imidazole rings is 2. The fraction of sp³-hybridized carbons (Fsp3) is 0.368. The molecule has 10 heteroatoms. The van der Waals surface area contributed by atoms with Crippen LogP contribution >= 0.6 is 0 Å². The van der Waals surface area contributed by atoms with Gasteiger partial charge in [0.1, 0.15) is 22.9 Å². The zero-order valence-electron chi connectivity index (χ0n) is 29.5. The lowest BCUT2D eigenvalue weighted by Crippen LogP contribution is -2.36. The van der Waals surface area contributed by atoms with E-state index in [1.165, 1.54) is 0 Å². The summed E-state index contributed by atoms with van der Waals surface area (Å²) in [6.45, 7) is 14.9. The van der Waals surface area contributed by atoms with Crippen molar-refractivity contribution in [1.29, 1.82) is 0 Å². The molecule has 0 radical (unpaired) electrons. The van der Waals surface area contributed by atoms with Gasteiger partial charge in [0.2, 0.25) is 0 Å². The normalized spacial score (nSPS) is 13.2. The maximum Gasteiger partial charge on any atom is 0.410 e. The standard InChI is InChI=1S/C38H46N6O4/c1-23(43(9)35(45)47-37(3,4)5)33-39-21-31(41-33)26-13-11-25(12-14-26)27-15-16-29-20-30(18-17-28(29)19-27)32-22-40-34(42-32)24(2)44(10)36(46)48-38(6,7)8/h11-24H,1-10H3,(H,39,41)(H,40,42). The second-order valence-corrected chi connectivity index (χ2v) is 14.2. The molecule has 2 amide bonds. The fourth-order valence-corrected chi connectivity index (χ4v) is 5.17. The molecule has 0 aliphatic carbocycles. The topological polar surface area (TPSA) is 116 Å². The third-order valence-corrected chi connectivity index (χ3v) is 8.16. The predicted molar refractivity (Wildman–Crippen MR) is 189 cm³/mol. The number of hydrogen-bond acceptors (Lipinski definition) is 6. The summed E-state index contributed by atoms with van der Waals surface area (Å²) < 4.78 is 11.0. The number of amides is 2. The maximum atomic E-state index is 12.5. The monoisotopic (exact) mass is 650 g/mol. The van der Waals surface area contributed by atoms with E-state index in [1.54, 1.807) is 23.9 Å². The van der Waals surface area contributed by atoms with Crippen molar-refractivity contribution in [3.05, 3.63) is 84.7 Å². The number of nitrogens with one attached hydrogen (secondary N) is 2. The van der Waals surface area contributed by atoms with Gasteiger partial charge in [-0.3, -0.25) is 0 Å². The third-order valence-electron chi connectivity index (χ3n) is 8.16. The van der Waals surface area contributed by atoms with Crippen LogP contribution in [0, 0.1) is 0 Å². The molecule has 0 fully saturated rings. The maximum absolute atomic E-state index is 12.5. The van der Waals surface area contributed by atoms with Crippen molar-refractivity contribution in [3.8, 4) is 33.6 Å². The summed E-state index contributed by atoms with van der Waals surface area (Å²) in [7, 11) is 3.43. The Morgan fingerprint density at radius 2 is 0.979 bits per heavy atom. The average molecular weight is 651 g/mol. The van der Waals surface area contributed by atoms with Gasteiger partial charge in [-0.15, -0.1) is 0 Å². The van der Waals surface area contributed by atoms with E-state index in [0.717, 1.165) is 44.4 Å². The number of hydrogen-bond donors (Lipinski definition) is 2. The van der Waals surface area contributed by atoms with E-state index >= 15 is 0 Å². The van der Waals surface area contributed by atoms with Gasteiger partial charge in [-0.1, -0.05) is 48.5 Å². The van der Waals surface area contributed by atoms with E-state index in [-0.39, 0.29) is 12.1 Å². The molecule has 0 spiro atoms. The summed E-state index contributed by atoms with van der Waals surface area (Å²) in [5, 5.41) is 2.22. The van der Waals surface area contributed by atoms with Gasteiger partial charge in [0.25, 0.3) is 0 Å². The minimum absolute atomic E-state index is 0.282. The quantitative estimate of drug-likeness (QED) is 0.181. The number of rotatable bonds is 7. The van der Waals surface area contributed by atoms with Crippen molar-refractivity contribution >= 4 is 23.0 Å². The molecule has 2 N–H and O–H groups in total. The smallest absolute Gasteiger partial charge is 0.410 e. The molecule has 2 atom stereocenters. The number of aromatic nitrogens is 4. The summed E-state index contributed by atoms with van der Waals surface area (Å²) in [5.74, 6) is 1.37. The van der Waals surface area contributed by atoms with Crippen LogP contribution in [0.1, 0.15) is 79.1 Å². The number of benzene rings is 3. The number of ether oxygens (including phenoxy) is 2. The van der Waals surface area contributed by atoms with Crippen molar-refractivity contribution in [3.63, 3.8) is 0 Å². The zero-order valence-corrected chi connectivity index (χ0v) is 29.5. The van der Waals surface area contributed by atoms with Gasteiger partial charge < -0.3 is 29.2 Å². The van der Waals surface area contributed by atoms with Gasteiger partial charge in [-0.25, -0.2) is 19.6 Å². The molecule has 2 heterocycles. The van der Waals surface area contributed by atoms with Crippen LogP contribution in [0.2, 0.25) is 0 Å². The fourth-order valence-electron chi connectivity index (χ4n) is 5.17. The van der Waals surface area contributed by atoms with E-state index in [4.69, 9.17) is 19.4 Å². The van der Waals surface area contributed by atoms with E-state index in [1.807, 2.05) is 67.8 Å². The Morgan fingerprint density at radius 1 is 0.604 bits per heavy atom. The van der Waals surface area contributed by atoms with Gasteiger partial charge in [-0.2, -0.15) is 0 Å². The molecular weight excluding hydrogens is 604 g/mol. The highest BCUT2D eigenvalue weighted by atomic mass is 16.6. The molecule has 2 unspecified atom stereocenters. The average Bonchev–Trinajstić information content (AvgIpc) is 3.72. The second kappa shape index (κ2) is 13.2.